The van der Waals surface area contributed by atoms with E-state index in [0.29, 0.717) is 15.8 Å². The zero-order chi connectivity index (χ0) is 25.6. The summed E-state index contributed by atoms with van der Waals surface area (Å²) in [7, 11) is 0. The summed E-state index contributed by atoms with van der Waals surface area (Å²) in [6.07, 6.45) is 2.02. The summed E-state index contributed by atoms with van der Waals surface area (Å²) in [6.45, 7) is 0.673. The summed E-state index contributed by atoms with van der Waals surface area (Å²) in [5.41, 5.74) is 5.01. The molecule has 0 spiro atoms. The number of carbonyl (C=O) groups is 2. The molecule has 0 radical (unpaired) electrons. The summed E-state index contributed by atoms with van der Waals surface area (Å²) in [6, 6.07) is 27.8. The number of carbonyl (C=O) groups excluding carboxylic acids is 2. The molecule has 1 N–H and O–H groups in total. The van der Waals surface area contributed by atoms with Gasteiger partial charge in [-0.25, -0.2) is 4.98 Å². The van der Waals surface area contributed by atoms with Crippen LogP contribution >= 0.6 is 35.3 Å². The minimum absolute atomic E-state index is 0.128. The number of aromatic nitrogens is 1. The van der Waals surface area contributed by atoms with Crippen LogP contribution in [0.1, 0.15) is 17.5 Å². The first-order valence-electron chi connectivity index (χ1n) is 11.7. The van der Waals surface area contributed by atoms with Crippen LogP contribution in [0.3, 0.4) is 0 Å². The van der Waals surface area contributed by atoms with E-state index in [1.54, 1.807) is 11.3 Å². The first kappa shape index (κ1) is 25.1. The zero-order valence-electron chi connectivity index (χ0n) is 19.8. The van der Waals surface area contributed by atoms with Crippen molar-refractivity contribution in [1.29, 1.82) is 0 Å². The van der Waals surface area contributed by atoms with Crippen LogP contribution in [-0.4, -0.2) is 32.6 Å². The molecule has 1 aliphatic rings. The Balaban J connectivity index is 1.12. The number of hydrogen-bond donors (Lipinski definition) is 1. The van der Waals surface area contributed by atoms with Gasteiger partial charge in [-0.3, -0.25) is 14.5 Å². The van der Waals surface area contributed by atoms with Crippen LogP contribution in [0.15, 0.2) is 95.2 Å². The topological polar surface area (TPSA) is 62.3 Å². The molecule has 1 aliphatic heterocycles. The normalized spacial score (nSPS) is 14.4. The monoisotopic (exact) mass is 541 g/mol. The molecule has 2 heterocycles. The molecule has 0 aliphatic carbocycles. The molecular weight excluding hydrogens is 519 g/mol. The van der Waals surface area contributed by atoms with Crippen molar-refractivity contribution in [2.24, 2.45) is 0 Å². The van der Waals surface area contributed by atoms with E-state index in [2.05, 4.69) is 22.8 Å². The highest BCUT2D eigenvalue weighted by Gasteiger charge is 2.32. The van der Waals surface area contributed by atoms with Gasteiger partial charge in [-0.2, -0.15) is 0 Å². The predicted octanol–water partition coefficient (Wildman–Crippen LogP) is 6.38. The largest absolute Gasteiger partial charge is 0.352 e. The molecule has 5 rings (SSSR count). The Hall–Kier alpha value is -3.59. The van der Waals surface area contributed by atoms with Crippen molar-refractivity contribution < 1.29 is 9.59 Å². The summed E-state index contributed by atoms with van der Waals surface area (Å²) in [5.74, 6) is -0.281. The fourth-order valence-electron chi connectivity index (χ4n) is 3.81. The van der Waals surface area contributed by atoms with Gasteiger partial charge in [0.05, 0.1) is 10.6 Å². The SMILES string of the molecule is O=C(CCN1C(=O)/C(=C/c2ccccc2)SC1=S)NCc1ccc(-c2csc(-c3ccccc3)n2)cc1. The molecule has 37 heavy (non-hydrogen) atoms. The second-order valence-corrected chi connectivity index (χ2v) is 10.9. The molecule has 0 atom stereocenters. The second kappa shape index (κ2) is 11.6. The van der Waals surface area contributed by atoms with E-state index in [0.717, 1.165) is 33.0 Å². The highest BCUT2D eigenvalue weighted by atomic mass is 32.2. The number of rotatable bonds is 8. The molecule has 2 amide bonds. The maximum absolute atomic E-state index is 12.8. The van der Waals surface area contributed by atoms with Crippen LogP contribution in [-0.2, 0) is 16.1 Å². The number of thiazole rings is 1. The van der Waals surface area contributed by atoms with Gasteiger partial charge in [0.25, 0.3) is 5.91 Å². The minimum atomic E-state index is -0.153. The Morgan fingerprint density at radius 2 is 1.65 bits per heavy atom. The molecule has 3 aromatic carbocycles. The Morgan fingerprint density at radius 3 is 2.38 bits per heavy atom. The molecule has 0 saturated carbocycles. The number of benzene rings is 3. The number of hydrogen-bond acceptors (Lipinski definition) is 6. The van der Waals surface area contributed by atoms with E-state index in [9.17, 15) is 9.59 Å². The fourth-order valence-corrected chi connectivity index (χ4v) is 5.95. The number of nitrogens with zero attached hydrogens (tertiary/aromatic N) is 2. The van der Waals surface area contributed by atoms with E-state index in [1.807, 2.05) is 78.9 Å². The van der Waals surface area contributed by atoms with Gasteiger partial charge in [0.1, 0.15) is 9.33 Å². The Labute approximate surface area is 229 Å². The standard InChI is InChI=1S/C29H23N3O2S3/c33-26(15-16-32-28(34)25(37-29(32)35)17-20-7-3-1-4-8-20)30-18-21-11-13-22(14-12-21)24-19-36-27(31-24)23-9-5-2-6-10-23/h1-14,17,19H,15-16,18H2,(H,30,33)/b25-17-. The number of amides is 2. The van der Waals surface area contributed by atoms with Crippen LogP contribution in [0.4, 0.5) is 0 Å². The van der Waals surface area contributed by atoms with Crippen molar-refractivity contribution in [2.45, 2.75) is 13.0 Å². The molecular formula is C29H23N3O2S3. The number of thioether (sulfide) groups is 1. The van der Waals surface area contributed by atoms with Crippen molar-refractivity contribution >= 4 is 57.5 Å². The third-order valence-corrected chi connectivity index (χ3v) is 8.07. The van der Waals surface area contributed by atoms with Gasteiger partial charge >= 0.3 is 0 Å². The van der Waals surface area contributed by atoms with Gasteiger partial charge in [-0.1, -0.05) is 109 Å². The average Bonchev–Trinajstić information content (AvgIpc) is 3.53. The van der Waals surface area contributed by atoms with Crippen LogP contribution in [0, 0.1) is 0 Å². The summed E-state index contributed by atoms with van der Waals surface area (Å²) >= 11 is 8.27. The smallest absolute Gasteiger partial charge is 0.266 e. The van der Waals surface area contributed by atoms with E-state index in [-0.39, 0.29) is 24.8 Å². The van der Waals surface area contributed by atoms with Crippen LogP contribution in [0.25, 0.3) is 27.9 Å². The lowest BCUT2D eigenvalue weighted by Gasteiger charge is -2.14. The van der Waals surface area contributed by atoms with Crippen molar-refractivity contribution in [3.05, 3.63) is 106 Å². The minimum Gasteiger partial charge on any atom is -0.352 e. The van der Waals surface area contributed by atoms with E-state index >= 15 is 0 Å². The van der Waals surface area contributed by atoms with Gasteiger partial charge in [-0.05, 0) is 17.2 Å². The van der Waals surface area contributed by atoms with E-state index in [1.165, 1.54) is 16.7 Å². The molecule has 1 fully saturated rings. The van der Waals surface area contributed by atoms with Crippen molar-refractivity contribution in [1.82, 2.24) is 15.2 Å². The summed E-state index contributed by atoms with van der Waals surface area (Å²) in [5, 5.41) is 5.98. The Morgan fingerprint density at radius 1 is 0.946 bits per heavy atom. The second-order valence-electron chi connectivity index (χ2n) is 8.37. The molecule has 1 saturated heterocycles. The van der Waals surface area contributed by atoms with Crippen molar-refractivity contribution in [3.63, 3.8) is 0 Å². The molecule has 0 bridgehead atoms. The van der Waals surface area contributed by atoms with Gasteiger partial charge in [0.2, 0.25) is 5.91 Å². The maximum Gasteiger partial charge on any atom is 0.266 e. The average molecular weight is 542 g/mol. The van der Waals surface area contributed by atoms with E-state index in [4.69, 9.17) is 17.2 Å². The van der Waals surface area contributed by atoms with Gasteiger partial charge in [-0.15, -0.1) is 11.3 Å². The van der Waals surface area contributed by atoms with E-state index < -0.39 is 0 Å². The third kappa shape index (κ3) is 6.22. The maximum atomic E-state index is 12.8. The molecule has 8 heteroatoms. The quantitative estimate of drug-likeness (QED) is 0.207. The van der Waals surface area contributed by atoms with Crippen LogP contribution < -0.4 is 5.32 Å². The highest BCUT2D eigenvalue weighted by molar-refractivity contribution is 8.26. The van der Waals surface area contributed by atoms with Gasteiger partial charge in [0, 0.05) is 36.0 Å². The zero-order valence-corrected chi connectivity index (χ0v) is 22.2. The van der Waals surface area contributed by atoms with Gasteiger partial charge < -0.3 is 5.32 Å². The first-order valence-corrected chi connectivity index (χ1v) is 13.8. The number of nitrogens with one attached hydrogen (secondary N) is 1. The summed E-state index contributed by atoms with van der Waals surface area (Å²) in [4.78, 5) is 32.1. The fraction of sp³-hybridized carbons (Fsp3) is 0.103. The highest BCUT2D eigenvalue weighted by Crippen LogP contribution is 2.32. The van der Waals surface area contributed by atoms with Crippen molar-refractivity contribution in [2.75, 3.05) is 6.54 Å². The molecule has 0 unspecified atom stereocenters. The first-order chi connectivity index (χ1) is 18.1. The molecule has 4 aromatic rings. The molecule has 1 aromatic heterocycles. The van der Waals surface area contributed by atoms with Crippen LogP contribution in [0.5, 0.6) is 0 Å². The Kier molecular flexibility index (Phi) is 7.89. The Bertz CT molecular complexity index is 1450. The summed E-state index contributed by atoms with van der Waals surface area (Å²) < 4.78 is 0.480. The van der Waals surface area contributed by atoms with Crippen molar-refractivity contribution in [3.8, 4) is 21.8 Å². The lowest BCUT2D eigenvalue weighted by atomic mass is 10.1. The molecule has 184 valence electrons. The third-order valence-electron chi connectivity index (χ3n) is 5.80. The van der Waals surface area contributed by atoms with Gasteiger partial charge in [0.15, 0.2) is 0 Å². The lowest BCUT2D eigenvalue weighted by molar-refractivity contribution is -0.123. The van der Waals surface area contributed by atoms with Crippen LogP contribution in [0.2, 0.25) is 0 Å². The number of thiocarbonyl (C=S) groups is 1. The molecule has 5 nitrogen and oxygen atoms in total. The predicted molar refractivity (Wildman–Crippen MR) is 156 cm³/mol. The lowest BCUT2D eigenvalue weighted by Crippen LogP contribution is -2.33.